The number of carbonyl (C=O) groups excluding carboxylic acids is 1. The number of hydrogen-bond acceptors (Lipinski definition) is 9. The molecule has 0 aliphatic carbocycles. The Balaban J connectivity index is 1.15. The third kappa shape index (κ3) is 5.90. The molecule has 3 aromatic heterocycles. The number of aryl methyl sites for hydroxylation is 2. The molecule has 1 amide bonds. The van der Waals surface area contributed by atoms with Crippen LogP contribution < -0.4 is 14.8 Å². The minimum Gasteiger partial charge on any atom is -0.472 e. The molecule has 1 aliphatic heterocycles. The molecule has 0 bridgehead atoms. The molecular formula is C31H33N7O4. The lowest BCUT2D eigenvalue weighted by Crippen LogP contribution is -2.36. The Morgan fingerprint density at radius 3 is 2.69 bits per heavy atom. The summed E-state index contributed by atoms with van der Waals surface area (Å²) in [7, 11) is 1.97. The van der Waals surface area contributed by atoms with Crippen LogP contribution in [-0.2, 0) is 11.8 Å². The highest BCUT2D eigenvalue weighted by Crippen LogP contribution is 2.31. The average Bonchev–Trinajstić information content (AvgIpc) is 3.56. The predicted octanol–water partition coefficient (Wildman–Crippen LogP) is 6.14. The molecule has 1 fully saturated rings. The molecule has 11 heteroatoms. The van der Waals surface area contributed by atoms with Crippen LogP contribution in [0.5, 0.6) is 17.4 Å². The molecule has 0 radical (unpaired) electrons. The fourth-order valence-electron chi connectivity index (χ4n) is 4.85. The van der Waals surface area contributed by atoms with E-state index in [2.05, 4.69) is 20.3 Å². The van der Waals surface area contributed by atoms with E-state index in [1.807, 2.05) is 81.8 Å². The van der Waals surface area contributed by atoms with Gasteiger partial charge in [0.1, 0.15) is 35.0 Å². The second-order valence-electron chi connectivity index (χ2n) is 11.4. The molecule has 1 atom stereocenters. The molecule has 5 aromatic rings. The second kappa shape index (κ2) is 10.8. The van der Waals surface area contributed by atoms with Gasteiger partial charge < -0.3 is 29.0 Å². The Morgan fingerprint density at radius 2 is 1.88 bits per heavy atom. The molecule has 42 heavy (non-hydrogen) atoms. The van der Waals surface area contributed by atoms with Gasteiger partial charge in [0.2, 0.25) is 5.88 Å². The van der Waals surface area contributed by atoms with E-state index in [1.165, 1.54) is 6.33 Å². The number of likely N-dealkylation sites (tertiary alicyclic amines) is 1. The first kappa shape index (κ1) is 27.3. The number of imidazole rings is 1. The second-order valence-corrected chi connectivity index (χ2v) is 11.4. The van der Waals surface area contributed by atoms with Crippen molar-refractivity contribution < 1.29 is 19.0 Å². The molecule has 0 unspecified atom stereocenters. The van der Waals surface area contributed by atoms with E-state index in [1.54, 1.807) is 17.3 Å². The molecule has 1 saturated heterocycles. The van der Waals surface area contributed by atoms with Gasteiger partial charge in [0, 0.05) is 37.8 Å². The standard InChI is InChI=1S/C31H33N7O4/c1-19-14-20(6-10-26(19)40-21-7-9-25-24(15-21)34-18-37(25)5)35-29-28-23(32-17-33-29)8-11-27(36-28)41-22-12-13-38(16-22)30(39)42-31(2,3)4/h6-11,14-15,17-18,22H,12-13,16H2,1-5H3,(H,32,33,35)/t22-/m0/s1. The number of anilines is 2. The smallest absolute Gasteiger partial charge is 0.410 e. The van der Waals surface area contributed by atoms with E-state index < -0.39 is 5.60 Å². The van der Waals surface area contributed by atoms with Gasteiger partial charge in [-0.15, -0.1) is 0 Å². The fourth-order valence-corrected chi connectivity index (χ4v) is 4.85. The molecular weight excluding hydrogens is 534 g/mol. The fraction of sp³-hybridized carbons (Fsp3) is 0.323. The number of aromatic nitrogens is 5. The van der Waals surface area contributed by atoms with Gasteiger partial charge in [0.05, 0.1) is 29.4 Å². The zero-order valence-electron chi connectivity index (χ0n) is 24.3. The summed E-state index contributed by atoms with van der Waals surface area (Å²) >= 11 is 0. The third-order valence-electron chi connectivity index (χ3n) is 6.90. The average molecular weight is 568 g/mol. The van der Waals surface area contributed by atoms with Crippen LogP contribution in [0.1, 0.15) is 32.8 Å². The molecule has 1 aliphatic rings. The highest BCUT2D eigenvalue weighted by atomic mass is 16.6. The minimum atomic E-state index is -0.542. The van der Waals surface area contributed by atoms with Gasteiger partial charge in [-0.3, -0.25) is 0 Å². The number of amides is 1. The van der Waals surface area contributed by atoms with E-state index in [0.717, 1.165) is 33.8 Å². The Labute approximate surface area is 243 Å². The SMILES string of the molecule is Cc1cc(Nc2ncnc3ccc(O[C@H]4CCN(C(=O)OC(C)(C)C)C4)nc23)ccc1Oc1ccc2c(c1)ncn2C. The largest absolute Gasteiger partial charge is 0.472 e. The summed E-state index contributed by atoms with van der Waals surface area (Å²) in [5.41, 5.74) is 4.43. The number of rotatable bonds is 6. The summed E-state index contributed by atoms with van der Waals surface area (Å²) in [5, 5.41) is 3.36. The van der Waals surface area contributed by atoms with Gasteiger partial charge in [-0.05, 0) is 69.7 Å². The van der Waals surface area contributed by atoms with Crippen molar-refractivity contribution in [2.75, 3.05) is 18.4 Å². The van der Waals surface area contributed by atoms with Crippen LogP contribution in [0.15, 0.2) is 61.2 Å². The van der Waals surface area contributed by atoms with E-state index >= 15 is 0 Å². The van der Waals surface area contributed by atoms with Crippen molar-refractivity contribution >= 4 is 39.7 Å². The lowest BCUT2D eigenvalue weighted by atomic mass is 10.2. The first-order valence-electron chi connectivity index (χ1n) is 13.8. The van der Waals surface area contributed by atoms with Crippen molar-refractivity contribution in [1.29, 1.82) is 0 Å². The topological polar surface area (TPSA) is 117 Å². The molecule has 0 saturated carbocycles. The number of benzene rings is 2. The van der Waals surface area contributed by atoms with Crippen LogP contribution in [0.2, 0.25) is 0 Å². The summed E-state index contributed by atoms with van der Waals surface area (Å²) in [6.07, 6.45) is 3.47. The van der Waals surface area contributed by atoms with E-state index in [9.17, 15) is 4.79 Å². The normalized spacial score (nSPS) is 15.3. The van der Waals surface area contributed by atoms with Crippen LogP contribution in [0.4, 0.5) is 16.3 Å². The van der Waals surface area contributed by atoms with Crippen molar-refractivity contribution in [3.8, 4) is 17.4 Å². The van der Waals surface area contributed by atoms with Gasteiger partial charge in [-0.25, -0.2) is 24.7 Å². The molecule has 6 rings (SSSR count). The first-order chi connectivity index (χ1) is 20.1. The van der Waals surface area contributed by atoms with E-state index in [-0.39, 0.29) is 12.2 Å². The maximum Gasteiger partial charge on any atom is 0.410 e. The third-order valence-corrected chi connectivity index (χ3v) is 6.90. The van der Waals surface area contributed by atoms with Crippen LogP contribution in [0.25, 0.3) is 22.1 Å². The highest BCUT2D eigenvalue weighted by Gasteiger charge is 2.31. The molecule has 1 N–H and O–H groups in total. The summed E-state index contributed by atoms with van der Waals surface area (Å²) in [5.74, 6) is 2.47. The zero-order chi connectivity index (χ0) is 29.4. The van der Waals surface area contributed by atoms with Gasteiger partial charge in [-0.1, -0.05) is 0 Å². The van der Waals surface area contributed by atoms with Gasteiger partial charge >= 0.3 is 6.09 Å². The van der Waals surface area contributed by atoms with E-state index in [0.29, 0.717) is 42.2 Å². The van der Waals surface area contributed by atoms with Crippen molar-refractivity contribution in [3.63, 3.8) is 0 Å². The molecule has 0 spiro atoms. The number of nitrogens with zero attached hydrogens (tertiary/aromatic N) is 6. The number of hydrogen-bond donors (Lipinski definition) is 1. The van der Waals surface area contributed by atoms with Crippen LogP contribution in [0.3, 0.4) is 0 Å². The Hall–Kier alpha value is -4.93. The summed E-state index contributed by atoms with van der Waals surface area (Å²) < 4.78 is 19.8. The lowest BCUT2D eigenvalue weighted by molar-refractivity contribution is 0.0275. The Kier molecular flexibility index (Phi) is 7.01. The van der Waals surface area contributed by atoms with Gasteiger partial charge in [-0.2, -0.15) is 0 Å². The number of nitrogens with one attached hydrogen (secondary N) is 1. The van der Waals surface area contributed by atoms with Crippen LogP contribution >= 0.6 is 0 Å². The minimum absolute atomic E-state index is 0.183. The van der Waals surface area contributed by atoms with E-state index in [4.69, 9.17) is 19.2 Å². The quantitative estimate of drug-likeness (QED) is 0.258. The summed E-state index contributed by atoms with van der Waals surface area (Å²) in [6, 6.07) is 15.3. The first-order valence-corrected chi connectivity index (χ1v) is 13.8. The predicted molar refractivity (Wildman–Crippen MR) is 159 cm³/mol. The molecule has 11 nitrogen and oxygen atoms in total. The van der Waals surface area contributed by atoms with Gasteiger partial charge in [0.15, 0.2) is 5.82 Å². The zero-order valence-corrected chi connectivity index (χ0v) is 24.3. The molecule has 4 heterocycles. The lowest BCUT2D eigenvalue weighted by Gasteiger charge is -2.24. The van der Waals surface area contributed by atoms with Crippen molar-refractivity contribution in [2.45, 2.75) is 45.8 Å². The Morgan fingerprint density at radius 1 is 1.02 bits per heavy atom. The van der Waals surface area contributed by atoms with Crippen molar-refractivity contribution in [1.82, 2.24) is 29.4 Å². The monoisotopic (exact) mass is 567 g/mol. The van der Waals surface area contributed by atoms with Gasteiger partial charge in [0.25, 0.3) is 0 Å². The number of fused-ring (bicyclic) bond motifs is 2. The Bertz CT molecular complexity index is 1780. The number of carbonyl (C=O) groups is 1. The summed E-state index contributed by atoms with van der Waals surface area (Å²) in [4.78, 5) is 32.0. The molecule has 2 aromatic carbocycles. The van der Waals surface area contributed by atoms with Crippen molar-refractivity contribution in [2.24, 2.45) is 7.05 Å². The molecule has 216 valence electrons. The number of pyridine rings is 1. The number of ether oxygens (including phenoxy) is 3. The maximum atomic E-state index is 12.4. The van der Waals surface area contributed by atoms with Crippen molar-refractivity contribution in [3.05, 3.63) is 66.7 Å². The maximum absolute atomic E-state index is 12.4. The highest BCUT2D eigenvalue weighted by molar-refractivity contribution is 5.87. The van der Waals surface area contributed by atoms with Crippen LogP contribution in [-0.4, -0.2) is 60.3 Å². The van der Waals surface area contributed by atoms with Crippen LogP contribution in [0, 0.1) is 6.92 Å². The summed E-state index contributed by atoms with van der Waals surface area (Å²) in [6.45, 7) is 8.57.